The van der Waals surface area contributed by atoms with Crippen LogP contribution in [-0.2, 0) is 11.1 Å². The molecule has 1 aliphatic carbocycles. The van der Waals surface area contributed by atoms with Crippen LogP contribution in [0, 0.1) is 18.7 Å². The van der Waals surface area contributed by atoms with Gasteiger partial charge in [0.2, 0.25) is 5.88 Å². The number of methoxy groups -OCH3 is 1. The van der Waals surface area contributed by atoms with Crippen LogP contribution in [0.15, 0.2) is 48.7 Å². The summed E-state index contributed by atoms with van der Waals surface area (Å²) in [5.41, 5.74) is 4.30. The molecular formula is C35H46FN2O4P. The molecule has 232 valence electrons. The minimum Gasteiger partial charge on any atom is -0.481 e. The van der Waals surface area contributed by atoms with Crippen LogP contribution < -0.4 is 9.47 Å². The molecule has 2 atom stereocenters. The van der Waals surface area contributed by atoms with Crippen molar-refractivity contribution < 1.29 is 23.2 Å². The predicted molar refractivity (Wildman–Crippen MR) is 173 cm³/mol. The number of carbonyl (C=O) groups excluding carboxylic acids is 1. The molecule has 0 aliphatic heterocycles. The number of esters is 1. The van der Waals surface area contributed by atoms with Gasteiger partial charge in [-0.05, 0) is 119 Å². The van der Waals surface area contributed by atoms with Crippen molar-refractivity contribution in [2.24, 2.45) is 5.92 Å². The Labute approximate surface area is 257 Å². The highest BCUT2D eigenvalue weighted by atomic mass is 31.1. The lowest BCUT2D eigenvalue weighted by molar-refractivity contribution is 0.0733. The van der Waals surface area contributed by atoms with Gasteiger partial charge >= 0.3 is 5.97 Å². The molecule has 0 saturated heterocycles. The molecule has 0 amide bonds. The zero-order valence-electron chi connectivity index (χ0n) is 26.8. The number of benzene rings is 2. The molecule has 1 saturated carbocycles. The van der Waals surface area contributed by atoms with Crippen molar-refractivity contribution in [1.82, 2.24) is 9.88 Å². The van der Waals surface area contributed by atoms with Gasteiger partial charge in [0.05, 0.1) is 18.9 Å². The van der Waals surface area contributed by atoms with E-state index in [2.05, 4.69) is 50.3 Å². The first-order valence-corrected chi connectivity index (χ1v) is 17.2. The van der Waals surface area contributed by atoms with E-state index in [0.29, 0.717) is 52.3 Å². The minimum absolute atomic E-state index is 0.246. The molecule has 2 aromatic carbocycles. The van der Waals surface area contributed by atoms with Gasteiger partial charge in [-0.15, -0.1) is 0 Å². The Morgan fingerprint density at radius 3 is 2.44 bits per heavy atom. The normalized spacial score (nSPS) is 14.8. The quantitative estimate of drug-likeness (QED) is 0.104. The minimum atomic E-state index is -0.502. The number of pyridine rings is 1. The maximum atomic E-state index is 15.2. The number of rotatable bonds is 14. The highest BCUT2D eigenvalue weighted by Crippen LogP contribution is 2.49. The van der Waals surface area contributed by atoms with Crippen LogP contribution in [0.4, 0.5) is 4.39 Å². The van der Waals surface area contributed by atoms with E-state index < -0.39 is 19.9 Å². The van der Waals surface area contributed by atoms with E-state index in [1.165, 1.54) is 31.7 Å². The molecule has 0 spiro atoms. The third-order valence-corrected chi connectivity index (χ3v) is 9.78. The number of hydrogen-bond donors (Lipinski definition) is 0. The van der Waals surface area contributed by atoms with Gasteiger partial charge in [-0.3, -0.25) is 4.90 Å². The predicted octanol–water partition coefficient (Wildman–Crippen LogP) is 8.60. The van der Waals surface area contributed by atoms with Gasteiger partial charge < -0.3 is 14.0 Å². The van der Waals surface area contributed by atoms with Crippen molar-refractivity contribution in [3.8, 4) is 22.8 Å². The standard InChI is InChI=1S/C35H46FN2O4P/c1-9-41-43(8)21-32(25-13-14-25)26-11-10-12-28(16-26)42-35(39)29-17-27(20-38(22(2)3)23(4)5)30(15-24(29)6)31-18-34(40-7)37-19-33(31)36/h10-12,15-19,22-23,25,32H,9,13-14,20-21H2,1-8H3/t32-,43-/m1/s1. The third kappa shape index (κ3) is 8.41. The average molecular weight is 609 g/mol. The summed E-state index contributed by atoms with van der Waals surface area (Å²) in [4.78, 5) is 20.0. The second-order valence-electron chi connectivity index (χ2n) is 12.0. The number of carbonyl (C=O) groups is 1. The van der Waals surface area contributed by atoms with Crippen molar-refractivity contribution in [3.63, 3.8) is 0 Å². The summed E-state index contributed by atoms with van der Waals surface area (Å²) < 4.78 is 32.4. The molecule has 4 rings (SSSR count). The lowest BCUT2D eigenvalue weighted by Crippen LogP contribution is -2.36. The van der Waals surface area contributed by atoms with Crippen molar-refractivity contribution in [1.29, 1.82) is 0 Å². The Morgan fingerprint density at radius 2 is 1.81 bits per heavy atom. The first kappa shape index (κ1) is 33.0. The van der Waals surface area contributed by atoms with Crippen molar-refractivity contribution in [3.05, 3.63) is 76.7 Å². The molecule has 0 bridgehead atoms. The summed E-state index contributed by atoms with van der Waals surface area (Å²) in [5.74, 6) is 1.05. The molecular weight excluding hydrogens is 562 g/mol. The van der Waals surface area contributed by atoms with Crippen LogP contribution in [0.25, 0.3) is 11.1 Å². The molecule has 0 N–H and O–H groups in total. The first-order valence-electron chi connectivity index (χ1n) is 15.3. The lowest BCUT2D eigenvalue weighted by atomic mass is 9.93. The van der Waals surface area contributed by atoms with Crippen molar-refractivity contribution >= 4 is 14.1 Å². The molecule has 0 unspecified atom stereocenters. The molecule has 1 heterocycles. The van der Waals surface area contributed by atoms with Crippen LogP contribution in [-0.4, -0.2) is 54.5 Å². The fraction of sp³-hybridized carbons (Fsp3) is 0.486. The van der Waals surface area contributed by atoms with Crippen molar-refractivity contribution in [2.75, 3.05) is 26.5 Å². The summed E-state index contributed by atoms with van der Waals surface area (Å²) in [5, 5.41) is 0. The maximum Gasteiger partial charge on any atom is 0.343 e. The number of aromatic nitrogens is 1. The smallest absolute Gasteiger partial charge is 0.343 e. The highest BCUT2D eigenvalue weighted by molar-refractivity contribution is 7.51. The lowest BCUT2D eigenvalue weighted by Gasteiger charge is -2.31. The second-order valence-corrected chi connectivity index (χ2v) is 13.9. The van der Waals surface area contributed by atoms with Crippen molar-refractivity contribution in [2.45, 2.75) is 78.9 Å². The van der Waals surface area contributed by atoms with Gasteiger partial charge in [-0.1, -0.05) is 18.2 Å². The number of hydrogen-bond acceptors (Lipinski definition) is 6. The molecule has 1 fully saturated rings. The van der Waals surface area contributed by atoms with Gasteiger partial charge in [0.25, 0.3) is 0 Å². The van der Waals surface area contributed by atoms with Gasteiger partial charge in [-0.2, -0.15) is 0 Å². The zero-order valence-corrected chi connectivity index (χ0v) is 27.7. The van der Waals surface area contributed by atoms with E-state index in [9.17, 15) is 4.79 Å². The van der Waals surface area contributed by atoms with E-state index in [-0.39, 0.29) is 12.1 Å². The summed E-state index contributed by atoms with van der Waals surface area (Å²) in [6, 6.07) is 13.8. The largest absolute Gasteiger partial charge is 0.481 e. The summed E-state index contributed by atoms with van der Waals surface area (Å²) in [6.07, 6.45) is 4.64. The molecule has 1 aliphatic rings. The Hall–Kier alpha value is -2.86. The van der Waals surface area contributed by atoms with Crippen LogP contribution in [0.3, 0.4) is 0 Å². The average Bonchev–Trinajstić information content (AvgIpc) is 3.80. The van der Waals surface area contributed by atoms with Gasteiger partial charge in [-0.25, -0.2) is 14.2 Å². The Morgan fingerprint density at radius 1 is 1.09 bits per heavy atom. The van der Waals surface area contributed by atoms with E-state index in [1.54, 1.807) is 6.07 Å². The van der Waals surface area contributed by atoms with E-state index in [4.69, 9.17) is 14.0 Å². The molecule has 8 heteroatoms. The number of aryl methyl sites for hydroxylation is 1. The SMILES string of the molecule is CCO[P@](C)C[C@@H](c1cccc(OC(=O)c2cc(CN(C(C)C)C(C)C)c(-c3cc(OC)ncc3F)cc2C)c1)C1CC1. The molecule has 6 nitrogen and oxygen atoms in total. The maximum absolute atomic E-state index is 15.2. The number of halogens is 1. The fourth-order valence-corrected chi connectivity index (χ4v) is 7.41. The fourth-order valence-electron chi connectivity index (χ4n) is 5.80. The number of nitrogens with zero attached hydrogens (tertiary/aromatic N) is 2. The van der Waals surface area contributed by atoms with Crippen LogP contribution in [0.2, 0.25) is 0 Å². The van der Waals surface area contributed by atoms with Gasteiger partial charge in [0.15, 0.2) is 0 Å². The number of ether oxygens (including phenoxy) is 2. The summed E-state index contributed by atoms with van der Waals surface area (Å²) in [7, 11) is 1.01. The Kier molecular flexibility index (Phi) is 11.3. The Bertz CT molecular complexity index is 1400. The van der Waals surface area contributed by atoms with Crippen LogP contribution in [0.1, 0.15) is 80.4 Å². The van der Waals surface area contributed by atoms with E-state index >= 15 is 4.39 Å². The van der Waals surface area contributed by atoms with Gasteiger partial charge in [0.1, 0.15) is 11.6 Å². The topological polar surface area (TPSA) is 60.9 Å². The van der Waals surface area contributed by atoms with E-state index in [0.717, 1.165) is 18.3 Å². The zero-order chi connectivity index (χ0) is 31.3. The molecule has 3 aromatic rings. The summed E-state index contributed by atoms with van der Waals surface area (Å²) in [6.45, 7) is 15.9. The van der Waals surface area contributed by atoms with Gasteiger partial charge in [0, 0.05) is 45.0 Å². The molecule has 0 radical (unpaired) electrons. The third-order valence-electron chi connectivity index (χ3n) is 8.17. The highest BCUT2D eigenvalue weighted by Gasteiger charge is 2.34. The Balaban J connectivity index is 1.68. The first-order chi connectivity index (χ1) is 20.5. The second kappa shape index (κ2) is 14.7. The molecule has 1 aromatic heterocycles. The monoisotopic (exact) mass is 608 g/mol. The van der Waals surface area contributed by atoms with Crippen LogP contribution in [0.5, 0.6) is 11.6 Å². The van der Waals surface area contributed by atoms with Crippen LogP contribution >= 0.6 is 8.15 Å². The molecule has 43 heavy (non-hydrogen) atoms. The van der Waals surface area contributed by atoms with E-state index in [1.807, 2.05) is 44.2 Å². The summed E-state index contributed by atoms with van der Waals surface area (Å²) >= 11 is 0.